The zero-order valence-corrected chi connectivity index (χ0v) is 25.5. The Hall–Kier alpha value is -3.68. The summed E-state index contributed by atoms with van der Waals surface area (Å²) >= 11 is 0. The van der Waals surface area contributed by atoms with Crippen LogP contribution in [0.5, 0.6) is 5.75 Å². The van der Waals surface area contributed by atoms with Crippen molar-refractivity contribution in [3.05, 3.63) is 55.1 Å². The number of ketones is 1. The Labute approximate surface area is 248 Å². The van der Waals surface area contributed by atoms with Gasteiger partial charge in [-0.3, -0.25) is 19.2 Å². The summed E-state index contributed by atoms with van der Waals surface area (Å²) in [6, 6.07) is 12.7. The molecule has 0 radical (unpaired) electrons. The first-order valence-corrected chi connectivity index (χ1v) is 14.6. The van der Waals surface area contributed by atoms with Crippen LogP contribution in [0.2, 0.25) is 0 Å². The van der Waals surface area contributed by atoms with Gasteiger partial charge >= 0.3 is 11.9 Å². The van der Waals surface area contributed by atoms with E-state index in [-0.39, 0.29) is 43.4 Å². The quantitative estimate of drug-likeness (QED) is 0.280. The van der Waals surface area contributed by atoms with Crippen LogP contribution in [-0.2, 0) is 23.9 Å². The van der Waals surface area contributed by atoms with Crippen molar-refractivity contribution in [2.24, 2.45) is 22.7 Å². The lowest BCUT2D eigenvalue weighted by atomic mass is 9.77. The van der Waals surface area contributed by atoms with Crippen LogP contribution >= 0.6 is 0 Å². The van der Waals surface area contributed by atoms with E-state index in [0.29, 0.717) is 12.2 Å². The van der Waals surface area contributed by atoms with Crippen LogP contribution in [0.1, 0.15) is 67.2 Å². The third kappa shape index (κ3) is 6.69. The molecule has 1 aliphatic heterocycles. The number of carboxylic acid groups (broad SMARTS) is 1. The van der Waals surface area contributed by atoms with E-state index in [1.165, 1.54) is 4.90 Å². The van der Waals surface area contributed by atoms with Crippen molar-refractivity contribution < 1.29 is 33.8 Å². The van der Waals surface area contributed by atoms with Gasteiger partial charge in [0, 0.05) is 18.2 Å². The predicted octanol–water partition coefficient (Wildman–Crippen LogP) is 5.82. The molecule has 42 heavy (non-hydrogen) atoms. The first-order valence-electron chi connectivity index (χ1n) is 14.6. The summed E-state index contributed by atoms with van der Waals surface area (Å²) in [7, 11) is 0. The number of allylic oxidation sites excluding steroid dienone is 1. The second kappa shape index (κ2) is 11.5. The van der Waals surface area contributed by atoms with Gasteiger partial charge in [0.2, 0.25) is 5.91 Å². The molecular formula is C34H43NO7. The van der Waals surface area contributed by atoms with Gasteiger partial charge in [0.05, 0.1) is 30.3 Å². The molecule has 1 heterocycles. The number of rotatable bonds is 10. The molecule has 1 saturated heterocycles. The molecule has 2 aromatic carbocycles. The number of amides is 1. The van der Waals surface area contributed by atoms with E-state index in [2.05, 4.69) is 6.58 Å². The Morgan fingerprint density at radius 3 is 2.33 bits per heavy atom. The molecule has 8 nitrogen and oxygen atoms in total. The zero-order chi connectivity index (χ0) is 31.0. The SMILES string of the molecule is C=C[C@H]1C[C@@]1(CC(=O)[C@@H]1C[C@@H](Oc2cccc3ccccc23)CN1C(=O)[C@@H](CC(=O)OC(C)(C)C)C(C)(C)C)C(=O)O. The van der Waals surface area contributed by atoms with Crippen LogP contribution in [0.3, 0.4) is 0 Å². The second-order valence-electron chi connectivity index (χ2n) is 13.8. The van der Waals surface area contributed by atoms with Crippen molar-refractivity contribution in [3.63, 3.8) is 0 Å². The fourth-order valence-corrected chi connectivity index (χ4v) is 6.02. The van der Waals surface area contributed by atoms with Gasteiger partial charge < -0.3 is 19.5 Å². The van der Waals surface area contributed by atoms with Crippen molar-refractivity contribution in [3.8, 4) is 5.75 Å². The first-order chi connectivity index (χ1) is 19.6. The summed E-state index contributed by atoms with van der Waals surface area (Å²) in [5.41, 5.74) is -2.51. The van der Waals surface area contributed by atoms with Gasteiger partial charge in [0.15, 0.2) is 5.78 Å². The van der Waals surface area contributed by atoms with Crippen molar-refractivity contribution in [2.75, 3.05) is 6.54 Å². The van der Waals surface area contributed by atoms with Crippen LogP contribution in [0, 0.1) is 22.7 Å². The fourth-order valence-electron chi connectivity index (χ4n) is 6.02. The van der Waals surface area contributed by atoms with E-state index < -0.39 is 46.4 Å². The molecule has 0 bridgehead atoms. The Bertz CT molecular complexity index is 1380. The highest BCUT2D eigenvalue weighted by atomic mass is 16.6. The third-order valence-corrected chi connectivity index (χ3v) is 8.43. The molecule has 0 spiro atoms. The summed E-state index contributed by atoms with van der Waals surface area (Å²) in [6.45, 7) is 14.8. The highest BCUT2D eigenvalue weighted by Crippen LogP contribution is 2.56. The van der Waals surface area contributed by atoms with Gasteiger partial charge in [0.1, 0.15) is 17.5 Å². The van der Waals surface area contributed by atoms with E-state index in [4.69, 9.17) is 9.47 Å². The van der Waals surface area contributed by atoms with Gasteiger partial charge in [-0.05, 0) is 50.0 Å². The summed E-state index contributed by atoms with van der Waals surface area (Å²) < 4.78 is 12.0. The molecular weight excluding hydrogens is 534 g/mol. The normalized spacial score (nSPS) is 24.6. The number of carboxylic acids is 1. The number of aliphatic carboxylic acids is 1. The number of likely N-dealkylation sites (tertiary alicyclic amines) is 1. The summed E-state index contributed by atoms with van der Waals surface area (Å²) in [5.74, 6) is -2.57. The van der Waals surface area contributed by atoms with Gasteiger partial charge in [-0.2, -0.15) is 0 Å². The fraction of sp³-hybridized carbons (Fsp3) is 0.529. The largest absolute Gasteiger partial charge is 0.488 e. The smallest absolute Gasteiger partial charge is 0.310 e. The summed E-state index contributed by atoms with van der Waals surface area (Å²) in [6.07, 6.45) is 1.33. The lowest BCUT2D eigenvalue weighted by Gasteiger charge is -2.35. The monoisotopic (exact) mass is 577 g/mol. The maximum atomic E-state index is 14.2. The minimum atomic E-state index is -1.19. The summed E-state index contributed by atoms with van der Waals surface area (Å²) in [4.78, 5) is 54.6. The predicted molar refractivity (Wildman–Crippen MR) is 160 cm³/mol. The number of carbonyl (C=O) groups is 4. The number of benzene rings is 2. The number of esters is 1. The molecule has 0 aromatic heterocycles. The van der Waals surface area contributed by atoms with Gasteiger partial charge in [-0.25, -0.2) is 0 Å². The molecule has 226 valence electrons. The highest BCUT2D eigenvalue weighted by molar-refractivity contribution is 5.95. The van der Waals surface area contributed by atoms with Crippen molar-refractivity contribution in [1.29, 1.82) is 0 Å². The summed E-state index contributed by atoms with van der Waals surface area (Å²) in [5, 5.41) is 11.9. The van der Waals surface area contributed by atoms with Crippen LogP contribution in [0.4, 0.5) is 0 Å². The molecule has 5 atom stereocenters. The lowest BCUT2D eigenvalue weighted by molar-refractivity contribution is -0.161. The molecule has 1 aliphatic carbocycles. The van der Waals surface area contributed by atoms with Gasteiger partial charge in [0.25, 0.3) is 0 Å². The Balaban J connectivity index is 1.64. The van der Waals surface area contributed by atoms with Gasteiger partial charge in [-0.1, -0.05) is 63.2 Å². The molecule has 1 saturated carbocycles. The maximum Gasteiger partial charge on any atom is 0.310 e. The minimum absolute atomic E-state index is 0.135. The van der Waals surface area contributed by atoms with E-state index in [9.17, 15) is 24.3 Å². The van der Waals surface area contributed by atoms with Crippen molar-refractivity contribution in [2.45, 2.75) is 85.0 Å². The van der Waals surface area contributed by atoms with E-state index in [1.54, 1.807) is 26.8 Å². The zero-order valence-electron chi connectivity index (χ0n) is 25.5. The van der Waals surface area contributed by atoms with Crippen molar-refractivity contribution >= 4 is 34.4 Å². The van der Waals surface area contributed by atoms with Crippen LogP contribution in [-0.4, -0.2) is 57.9 Å². The number of nitrogens with zero attached hydrogens (tertiary/aromatic N) is 1. The lowest BCUT2D eigenvalue weighted by Crippen LogP contribution is -2.48. The maximum absolute atomic E-state index is 14.2. The van der Waals surface area contributed by atoms with Crippen LogP contribution < -0.4 is 4.74 Å². The molecule has 0 unspecified atom stereocenters. The topological polar surface area (TPSA) is 110 Å². The molecule has 4 rings (SSSR count). The average Bonchev–Trinajstić information content (AvgIpc) is 3.45. The average molecular weight is 578 g/mol. The molecule has 8 heteroatoms. The third-order valence-electron chi connectivity index (χ3n) is 8.43. The van der Waals surface area contributed by atoms with E-state index >= 15 is 0 Å². The van der Waals surface area contributed by atoms with Crippen molar-refractivity contribution in [1.82, 2.24) is 4.90 Å². The minimum Gasteiger partial charge on any atom is -0.488 e. The van der Waals surface area contributed by atoms with E-state index in [1.807, 2.05) is 63.2 Å². The van der Waals surface area contributed by atoms with Crippen LogP contribution in [0.25, 0.3) is 10.8 Å². The number of carbonyl (C=O) groups excluding carboxylic acids is 3. The number of ether oxygens (including phenoxy) is 2. The van der Waals surface area contributed by atoms with E-state index in [0.717, 1.165) is 10.8 Å². The molecule has 1 amide bonds. The molecule has 2 fully saturated rings. The number of Topliss-reactive ketones (excluding diaryl/α,β-unsaturated/α-hetero) is 1. The van der Waals surface area contributed by atoms with Gasteiger partial charge in [-0.15, -0.1) is 6.58 Å². The Morgan fingerprint density at radius 1 is 1.07 bits per heavy atom. The second-order valence-corrected chi connectivity index (χ2v) is 13.8. The molecule has 1 N–H and O–H groups in total. The highest BCUT2D eigenvalue weighted by Gasteiger charge is 2.61. The number of fused-ring (bicyclic) bond motifs is 1. The Morgan fingerprint density at radius 2 is 1.74 bits per heavy atom. The Kier molecular flexibility index (Phi) is 8.59. The molecule has 2 aromatic rings. The molecule has 2 aliphatic rings. The van der Waals surface area contributed by atoms with Crippen LogP contribution in [0.15, 0.2) is 55.1 Å². The number of hydrogen-bond donors (Lipinski definition) is 1. The standard InChI is InChI=1S/C34H43NO7/c1-8-22-18-34(22,31(39)40)19-27(36)26-16-23(41-28-15-11-13-21-12-9-10-14-24(21)28)20-35(26)30(38)25(32(2,3)4)17-29(37)42-33(5,6)7/h8-15,22-23,25-26H,1,16-20H2,2-7H3,(H,39,40)/t22-,23+,25+,26-,34-/m0/s1. The first kappa shape index (κ1) is 31.3. The number of hydrogen-bond acceptors (Lipinski definition) is 6.